The van der Waals surface area contributed by atoms with Crippen molar-refractivity contribution in [2.24, 2.45) is 0 Å². The number of nitrogens with zero attached hydrogens (tertiary/aromatic N) is 1. The van der Waals surface area contributed by atoms with Crippen LogP contribution in [0, 0.1) is 0 Å². The van der Waals surface area contributed by atoms with Gasteiger partial charge in [-0.2, -0.15) is 0 Å². The van der Waals surface area contributed by atoms with Crippen LogP contribution in [0.2, 0.25) is 0 Å². The summed E-state index contributed by atoms with van der Waals surface area (Å²) in [5.41, 5.74) is 0.368. The van der Waals surface area contributed by atoms with E-state index in [-0.39, 0.29) is 12.4 Å². The van der Waals surface area contributed by atoms with E-state index in [0.717, 1.165) is 38.8 Å². The Labute approximate surface area is 147 Å². The quantitative estimate of drug-likeness (QED) is 0.205. The largest absolute Gasteiger partial charge is 0.748 e. The molecule has 0 aromatic rings. The summed E-state index contributed by atoms with van der Waals surface area (Å²) >= 11 is 0. The summed E-state index contributed by atoms with van der Waals surface area (Å²) in [6.45, 7) is 12.7. The zero-order valence-electron chi connectivity index (χ0n) is 15.4. The highest BCUT2D eigenvalue weighted by atomic mass is 32.2. The lowest BCUT2D eigenvalue weighted by Crippen LogP contribution is -2.52. The number of ether oxygens (including phenoxy) is 1. The molecule has 0 atom stereocenters. The Morgan fingerprint density at radius 3 is 1.96 bits per heavy atom. The van der Waals surface area contributed by atoms with Gasteiger partial charge in [-0.3, -0.25) is 0 Å². The molecule has 0 bridgehead atoms. The minimum Gasteiger partial charge on any atom is -0.748 e. The Morgan fingerprint density at radius 2 is 1.54 bits per heavy atom. The summed E-state index contributed by atoms with van der Waals surface area (Å²) in [4.78, 5) is 11.6. The fraction of sp³-hybridized carbons (Fsp3) is 0.824. The molecule has 7 heteroatoms. The number of quaternary nitrogens is 1. The highest BCUT2D eigenvalue weighted by Crippen LogP contribution is 2.14. The smallest absolute Gasteiger partial charge is 0.333 e. The Hall–Kier alpha value is -0.920. The number of rotatable bonds is 14. The van der Waals surface area contributed by atoms with Crippen molar-refractivity contribution in [2.45, 2.75) is 52.9 Å². The molecule has 0 aliphatic heterocycles. The maximum absolute atomic E-state index is 11.6. The first-order valence-corrected chi connectivity index (χ1v) is 10.3. The zero-order valence-corrected chi connectivity index (χ0v) is 16.2. The molecule has 0 heterocycles. The molecule has 0 aromatic heterocycles. The molecule has 24 heavy (non-hydrogen) atoms. The highest BCUT2D eigenvalue weighted by Gasteiger charge is 2.26. The van der Waals surface area contributed by atoms with Crippen LogP contribution in [0.1, 0.15) is 52.9 Å². The first kappa shape index (κ1) is 23.1. The average molecular weight is 364 g/mol. The van der Waals surface area contributed by atoms with Gasteiger partial charge >= 0.3 is 5.97 Å². The summed E-state index contributed by atoms with van der Waals surface area (Å²) in [5, 5.41) is 0. The molecule has 0 fully saturated rings. The van der Waals surface area contributed by atoms with Crippen molar-refractivity contribution in [3.05, 3.63) is 12.2 Å². The van der Waals surface area contributed by atoms with Gasteiger partial charge < -0.3 is 13.8 Å². The number of unbranched alkanes of at least 4 members (excludes halogenated alkanes) is 2. The van der Waals surface area contributed by atoms with Crippen LogP contribution < -0.4 is 0 Å². The standard InChI is InChI=1S/C17H33NO5S/c1-5-7-10-18(11-8-6-2,12-9-15-24(20,21)22)13-14-23-17(19)16(3)4/h3,5-15H2,1-2,4H3. The lowest BCUT2D eigenvalue weighted by atomic mass is 10.2. The van der Waals surface area contributed by atoms with E-state index in [1.807, 2.05) is 0 Å². The molecular formula is C17H33NO5S. The van der Waals surface area contributed by atoms with Crippen LogP contribution >= 0.6 is 0 Å². The Balaban J connectivity index is 4.88. The monoisotopic (exact) mass is 363 g/mol. The molecular weight excluding hydrogens is 330 g/mol. The van der Waals surface area contributed by atoms with Crippen LogP contribution in [0.5, 0.6) is 0 Å². The summed E-state index contributed by atoms with van der Waals surface area (Å²) in [6.07, 6.45) is 4.45. The second kappa shape index (κ2) is 11.6. The molecule has 0 aromatic carbocycles. The number of carbonyl (C=O) groups excluding carboxylic acids is 1. The van der Waals surface area contributed by atoms with E-state index in [1.165, 1.54) is 0 Å². The SMILES string of the molecule is C=C(C)C(=O)OCC[N+](CCCC)(CCCC)CCCS(=O)(=O)[O-]. The van der Waals surface area contributed by atoms with Crippen molar-refractivity contribution >= 4 is 16.1 Å². The molecule has 0 saturated heterocycles. The van der Waals surface area contributed by atoms with E-state index >= 15 is 0 Å². The third kappa shape index (κ3) is 10.8. The number of carbonyl (C=O) groups is 1. The van der Waals surface area contributed by atoms with Crippen molar-refractivity contribution in [2.75, 3.05) is 38.5 Å². The van der Waals surface area contributed by atoms with Gasteiger partial charge in [0.2, 0.25) is 0 Å². The van der Waals surface area contributed by atoms with Crippen LogP contribution in [-0.4, -0.2) is 62.0 Å². The Morgan fingerprint density at radius 1 is 1.04 bits per heavy atom. The van der Waals surface area contributed by atoms with Gasteiger partial charge in [0.15, 0.2) is 0 Å². The van der Waals surface area contributed by atoms with Gasteiger partial charge in [-0.05, 0) is 19.8 Å². The molecule has 0 rings (SSSR count). The highest BCUT2D eigenvalue weighted by molar-refractivity contribution is 7.85. The fourth-order valence-electron chi connectivity index (χ4n) is 2.69. The maximum atomic E-state index is 11.6. The van der Waals surface area contributed by atoms with Crippen molar-refractivity contribution < 1.29 is 27.0 Å². The second-order valence-electron chi connectivity index (χ2n) is 6.47. The normalized spacial score (nSPS) is 12.2. The molecule has 0 amide bonds. The average Bonchev–Trinajstić information content (AvgIpc) is 2.49. The van der Waals surface area contributed by atoms with Gasteiger partial charge in [0, 0.05) is 17.7 Å². The predicted molar refractivity (Wildman–Crippen MR) is 94.5 cm³/mol. The van der Waals surface area contributed by atoms with Crippen LogP contribution in [0.15, 0.2) is 12.2 Å². The van der Waals surface area contributed by atoms with Crippen LogP contribution in [0.3, 0.4) is 0 Å². The van der Waals surface area contributed by atoms with E-state index in [0.29, 0.717) is 29.6 Å². The number of esters is 1. The van der Waals surface area contributed by atoms with E-state index in [9.17, 15) is 17.8 Å². The van der Waals surface area contributed by atoms with Crippen LogP contribution in [-0.2, 0) is 19.6 Å². The van der Waals surface area contributed by atoms with E-state index in [4.69, 9.17) is 4.74 Å². The van der Waals surface area contributed by atoms with E-state index in [1.54, 1.807) is 6.92 Å². The van der Waals surface area contributed by atoms with Gasteiger partial charge in [-0.1, -0.05) is 33.3 Å². The van der Waals surface area contributed by atoms with Crippen LogP contribution in [0.25, 0.3) is 0 Å². The molecule has 0 spiro atoms. The minimum absolute atomic E-state index is 0.281. The zero-order chi connectivity index (χ0) is 18.6. The van der Waals surface area contributed by atoms with Crippen molar-refractivity contribution in [1.82, 2.24) is 0 Å². The van der Waals surface area contributed by atoms with Crippen molar-refractivity contribution in [3.63, 3.8) is 0 Å². The molecule has 6 nitrogen and oxygen atoms in total. The summed E-state index contributed by atoms with van der Waals surface area (Å²) in [6, 6.07) is 0. The lowest BCUT2D eigenvalue weighted by molar-refractivity contribution is -0.928. The summed E-state index contributed by atoms with van der Waals surface area (Å²) in [7, 11) is -4.19. The first-order valence-electron chi connectivity index (χ1n) is 8.77. The van der Waals surface area contributed by atoms with Crippen molar-refractivity contribution in [1.29, 1.82) is 0 Å². The fourth-order valence-corrected chi connectivity index (χ4v) is 3.17. The maximum Gasteiger partial charge on any atom is 0.333 e. The molecule has 0 unspecified atom stereocenters. The van der Waals surface area contributed by atoms with E-state index in [2.05, 4.69) is 20.4 Å². The third-order valence-corrected chi connectivity index (χ3v) is 4.93. The first-order chi connectivity index (χ1) is 11.2. The topological polar surface area (TPSA) is 83.5 Å². The molecule has 0 radical (unpaired) electrons. The molecule has 0 aliphatic rings. The third-order valence-electron chi connectivity index (χ3n) is 4.15. The molecule has 0 N–H and O–H groups in total. The number of hydrogen-bond donors (Lipinski definition) is 0. The molecule has 142 valence electrons. The Kier molecular flexibility index (Phi) is 11.2. The summed E-state index contributed by atoms with van der Waals surface area (Å²) in [5.74, 6) is -0.738. The number of hydrogen-bond acceptors (Lipinski definition) is 5. The summed E-state index contributed by atoms with van der Waals surface area (Å²) < 4.78 is 38.6. The Bertz CT molecular complexity index is 479. The van der Waals surface area contributed by atoms with Gasteiger partial charge in [0.1, 0.15) is 13.2 Å². The van der Waals surface area contributed by atoms with Crippen LogP contribution in [0.4, 0.5) is 0 Å². The second-order valence-corrected chi connectivity index (χ2v) is 8.00. The van der Waals surface area contributed by atoms with Gasteiger partial charge in [0.25, 0.3) is 0 Å². The van der Waals surface area contributed by atoms with Gasteiger partial charge in [-0.25, -0.2) is 13.2 Å². The lowest BCUT2D eigenvalue weighted by Gasteiger charge is -2.39. The molecule has 0 saturated carbocycles. The van der Waals surface area contributed by atoms with Gasteiger partial charge in [-0.15, -0.1) is 0 Å². The van der Waals surface area contributed by atoms with E-state index < -0.39 is 16.1 Å². The predicted octanol–water partition coefficient (Wildman–Crippen LogP) is 2.46. The molecule has 0 aliphatic carbocycles. The van der Waals surface area contributed by atoms with Gasteiger partial charge in [0.05, 0.1) is 29.8 Å². The van der Waals surface area contributed by atoms with Crippen molar-refractivity contribution in [3.8, 4) is 0 Å². The minimum atomic E-state index is -4.19.